The minimum Gasteiger partial charge on any atom is -0.481 e. The summed E-state index contributed by atoms with van der Waals surface area (Å²) in [5, 5.41) is 11.6. The maximum Gasteiger partial charge on any atom is 0.317 e. The second-order valence-electron chi connectivity index (χ2n) is 4.67. The highest BCUT2D eigenvalue weighted by Gasteiger charge is 2.20. The van der Waals surface area contributed by atoms with Crippen LogP contribution >= 0.6 is 0 Å². The van der Waals surface area contributed by atoms with Crippen LogP contribution in [0.1, 0.15) is 26.1 Å². The number of hydrogen-bond acceptors (Lipinski definition) is 3. The van der Waals surface area contributed by atoms with Crippen molar-refractivity contribution in [1.29, 1.82) is 0 Å². The summed E-state index contributed by atoms with van der Waals surface area (Å²) < 4.78 is 1.90. The summed E-state index contributed by atoms with van der Waals surface area (Å²) in [6, 6.07) is -0.568. The van der Waals surface area contributed by atoms with Gasteiger partial charge < -0.3 is 19.9 Å². The van der Waals surface area contributed by atoms with Crippen LogP contribution in [0.3, 0.4) is 0 Å². The van der Waals surface area contributed by atoms with Crippen LogP contribution in [-0.4, -0.2) is 50.7 Å². The summed E-state index contributed by atoms with van der Waals surface area (Å²) in [7, 11) is 1.90. The van der Waals surface area contributed by atoms with E-state index in [4.69, 9.17) is 5.11 Å². The fraction of sp³-hybridized carbons (Fsp3) is 0.615. The Morgan fingerprint density at radius 2 is 2.25 bits per heavy atom. The summed E-state index contributed by atoms with van der Waals surface area (Å²) in [6.07, 6.45) is 4.15. The topological polar surface area (TPSA) is 87.5 Å². The molecule has 1 heterocycles. The number of carbonyl (C=O) groups is 2. The molecule has 0 radical (unpaired) electrons. The van der Waals surface area contributed by atoms with E-state index in [1.807, 2.05) is 24.7 Å². The third-order valence-electron chi connectivity index (χ3n) is 3.15. The molecule has 1 rings (SSSR count). The third-order valence-corrected chi connectivity index (χ3v) is 3.15. The number of aromatic nitrogens is 2. The van der Waals surface area contributed by atoms with Gasteiger partial charge in [-0.3, -0.25) is 4.79 Å². The Hall–Kier alpha value is -2.05. The Labute approximate surface area is 118 Å². The number of hydrogen-bond donors (Lipinski definition) is 2. The summed E-state index contributed by atoms with van der Waals surface area (Å²) in [5.74, 6) is -0.0105. The SMILES string of the molecule is CCN(C(=O)NCCc1nccn1C)C(C)CC(=O)O. The van der Waals surface area contributed by atoms with Gasteiger partial charge >= 0.3 is 12.0 Å². The molecule has 0 aliphatic heterocycles. The Kier molecular flexibility index (Phi) is 6.02. The van der Waals surface area contributed by atoms with Gasteiger partial charge in [-0.2, -0.15) is 0 Å². The first-order chi connectivity index (χ1) is 9.45. The number of amides is 2. The van der Waals surface area contributed by atoms with E-state index in [1.54, 1.807) is 13.1 Å². The molecular weight excluding hydrogens is 260 g/mol. The number of carbonyl (C=O) groups excluding carboxylic acids is 1. The Balaban J connectivity index is 2.43. The van der Waals surface area contributed by atoms with Crippen molar-refractivity contribution in [3.63, 3.8) is 0 Å². The molecule has 7 heteroatoms. The molecular formula is C13H22N4O3. The highest BCUT2D eigenvalue weighted by Crippen LogP contribution is 2.04. The number of urea groups is 1. The van der Waals surface area contributed by atoms with Gasteiger partial charge in [0.2, 0.25) is 0 Å². The van der Waals surface area contributed by atoms with Crippen LogP contribution in [0.4, 0.5) is 4.79 Å². The van der Waals surface area contributed by atoms with Crippen molar-refractivity contribution < 1.29 is 14.7 Å². The number of carboxylic acid groups (broad SMARTS) is 1. The molecule has 2 amide bonds. The van der Waals surface area contributed by atoms with Gasteiger partial charge in [-0.1, -0.05) is 0 Å². The number of rotatable bonds is 7. The highest BCUT2D eigenvalue weighted by molar-refractivity contribution is 5.75. The van der Waals surface area contributed by atoms with Crippen molar-refractivity contribution >= 4 is 12.0 Å². The average Bonchev–Trinajstić information content (AvgIpc) is 2.75. The molecule has 1 aromatic heterocycles. The van der Waals surface area contributed by atoms with E-state index in [9.17, 15) is 9.59 Å². The lowest BCUT2D eigenvalue weighted by atomic mass is 10.2. The first kappa shape index (κ1) is 16.0. The molecule has 7 nitrogen and oxygen atoms in total. The van der Waals surface area contributed by atoms with Gasteiger partial charge in [0.1, 0.15) is 5.82 Å². The molecule has 0 aliphatic rings. The van der Waals surface area contributed by atoms with Gasteiger partial charge in [-0.15, -0.1) is 0 Å². The molecule has 0 aliphatic carbocycles. The molecule has 2 N–H and O–H groups in total. The zero-order valence-electron chi connectivity index (χ0n) is 12.2. The molecule has 0 saturated heterocycles. The highest BCUT2D eigenvalue weighted by atomic mass is 16.4. The fourth-order valence-corrected chi connectivity index (χ4v) is 2.04. The van der Waals surface area contributed by atoms with Crippen LogP contribution in [0.2, 0.25) is 0 Å². The standard InChI is InChI=1S/C13H22N4O3/c1-4-17(10(2)9-12(18)19)13(20)15-6-5-11-14-7-8-16(11)3/h7-8,10H,4-6,9H2,1-3H3,(H,15,20)(H,18,19). The van der Waals surface area contributed by atoms with Crippen molar-refractivity contribution in [2.75, 3.05) is 13.1 Å². The predicted molar refractivity (Wildman–Crippen MR) is 74.4 cm³/mol. The Morgan fingerprint density at radius 1 is 1.55 bits per heavy atom. The van der Waals surface area contributed by atoms with Crippen LogP contribution in [-0.2, 0) is 18.3 Å². The minimum absolute atomic E-state index is 0.0549. The van der Waals surface area contributed by atoms with Crippen molar-refractivity contribution in [3.05, 3.63) is 18.2 Å². The van der Waals surface area contributed by atoms with Gasteiger partial charge in [-0.05, 0) is 13.8 Å². The normalized spacial score (nSPS) is 11.9. The number of carboxylic acids is 1. The van der Waals surface area contributed by atoms with Crippen molar-refractivity contribution in [1.82, 2.24) is 19.8 Å². The fourth-order valence-electron chi connectivity index (χ4n) is 2.04. The van der Waals surface area contributed by atoms with Crippen LogP contribution in [0.15, 0.2) is 12.4 Å². The quantitative estimate of drug-likeness (QED) is 0.776. The lowest BCUT2D eigenvalue weighted by molar-refractivity contribution is -0.138. The number of aryl methyl sites for hydroxylation is 1. The van der Waals surface area contributed by atoms with E-state index in [-0.39, 0.29) is 18.5 Å². The summed E-state index contributed by atoms with van der Waals surface area (Å²) in [6.45, 7) is 4.51. The Bertz CT molecular complexity index is 458. The lowest BCUT2D eigenvalue weighted by Gasteiger charge is -2.27. The zero-order valence-corrected chi connectivity index (χ0v) is 12.2. The summed E-state index contributed by atoms with van der Waals surface area (Å²) in [4.78, 5) is 28.4. The molecule has 0 saturated carbocycles. The third kappa shape index (κ3) is 4.56. The van der Waals surface area contributed by atoms with Crippen molar-refractivity contribution in [3.8, 4) is 0 Å². The molecule has 1 unspecified atom stereocenters. The van der Waals surface area contributed by atoms with Crippen molar-refractivity contribution in [2.45, 2.75) is 32.7 Å². The molecule has 1 atom stereocenters. The molecule has 112 valence electrons. The maximum atomic E-state index is 12.0. The second kappa shape index (κ2) is 7.52. The number of aliphatic carboxylic acids is 1. The van der Waals surface area contributed by atoms with Crippen LogP contribution in [0, 0.1) is 0 Å². The molecule has 0 aromatic carbocycles. The van der Waals surface area contributed by atoms with Gasteiger partial charge in [0.25, 0.3) is 0 Å². The lowest BCUT2D eigenvalue weighted by Crippen LogP contribution is -2.46. The van der Waals surface area contributed by atoms with E-state index in [0.717, 1.165) is 5.82 Å². The van der Waals surface area contributed by atoms with E-state index in [2.05, 4.69) is 10.3 Å². The van der Waals surface area contributed by atoms with E-state index >= 15 is 0 Å². The van der Waals surface area contributed by atoms with E-state index in [0.29, 0.717) is 19.5 Å². The average molecular weight is 282 g/mol. The first-order valence-corrected chi connectivity index (χ1v) is 6.68. The molecule has 1 aromatic rings. The predicted octanol–water partition coefficient (Wildman–Crippen LogP) is 0.857. The van der Waals surface area contributed by atoms with Crippen LogP contribution < -0.4 is 5.32 Å². The zero-order chi connectivity index (χ0) is 15.1. The molecule has 0 fully saturated rings. The summed E-state index contributed by atoms with van der Waals surface area (Å²) in [5.41, 5.74) is 0. The second-order valence-corrected chi connectivity index (χ2v) is 4.67. The largest absolute Gasteiger partial charge is 0.481 e. The van der Waals surface area contributed by atoms with Gasteiger partial charge in [0.15, 0.2) is 0 Å². The molecule has 20 heavy (non-hydrogen) atoms. The van der Waals surface area contributed by atoms with Gasteiger partial charge in [0.05, 0.1) is 6.42 Å². The summed E-state index contributed by atoms with van der Waals surface area (Å²) >= 11 is 0. The van der Waals surface area contributed by atoms with Gasteiger partial charge in [0, 0.05) is 45.0 Å². The smallest absolute Gasteiger partial charge is 0.317 e. The maximum absolute atomic E-state index is 12.0. The molecule has 0 bridgehead atoms. The first-order valence-electron chi connectivity index (χ1n) is 6.68. The Morgan fingerprint density at radius 3 is 2.75 bits per heavy atom. The van der Waals surface area contributed by atoms with E-state index < -0.39 is 5.97 Å². The van der Waals surface area contributed by atoms with Crippen LogP contribution in [0.5, 0.6) is 0 Å². The number of nitrogens with one attached hydrogen (secondary N) is 1. The molecule has 0 spiro atoms. The monoisotopic (exact) mass is 282 g/mol. The van der Waals surface area contributed by atoms with E-state index in [1.165, 1.54) is 4.90 Å². The van der Waals surface area contributed by atoms with Crippen LogP contribution in [0.25, 0.3) is 0 Å². The van der Waals surface area contributed by atoms with Gasteiger partial charge in [-0.25, -0.2) is 9.78 Å². The number of imidazole rings is 1. The minimum atomic E-state index is -0.906. The number of nitrogens with zero attached hydrogens (tertiary/aromatic N) is 3. The van der Waals surface area contributed by atoms with Crippen molar-refractivity contribution in [2.24, 2.45) is 7.05 Å².